The topological polar surface area (TPSA) is 30.5 Å². The molecule has 0 aliphatic carbocycles. The van der Waals surface area contributed by atoms with Crippen molar-refractivity contribution in [1.82, 2.24) is 5.32 Å². The molecule has 1 aromatic carbocycles. The number of benzene rings is 1. The van der Waals surface area contributed by atoms with Gasteiger partial charge in [0.15, 0.2) is 0 Å². The number of hydrogen-bond acceptors (Lipinski definition) is 4. The third-order valence-corrected chi connectivity index (χ3v) is 5.53. The summed E-state index contributed by atoms with van der Waals surface area (Å²) in [5.41, 5.74) is 1.31. The Morgan fingerprint density at radius 1 is 1.38 bits per heavy atom. The van der Waals surface area contributed by atoms with Gasteiger partial charge in [-0.15, -0.1) is 0 Å². The van der Waals surface area contributed by atoms with E-state index in [2.05, 4.69) is 24.4 Å². The minimum Gasteiger partial charge on any atom is -0.497 e. The van der Waals surface area contributed by atoms with Crippen molar-refractivity contribution in [2.45, 2.75) is 44.2 Å². The number of fused-ring (bicyclic) bond motifs is 1. The summed E-state index contributed by atoms with van der Waals surface area (Å²) in [5, 5.41) is 3.71. The Balaban J connectivity index is 1.90. The normalized spacial score (nSPS) is 23.4. The summed E-state index contributed by atoms with van der Waals surface area (Å²) in [6.07, 6.45) is 4.55. The number of rotatable bonds is 4. The molecule has 4 heteroatoms. The van der Waals surface area contributed by atoms with Gasteiger partial charge in [-0.05, 0) is 43.4 Å². The first-order chi connectivity index (χ1) is 10.3. The van der Waals surface area contributed by atoms with Gasteiger partial charge < -0.3 is 14.8 Å². The highest BCUT2D eigenvalue weighted by Gasteiger charge is 2.41. The Morgan fingerprint density at radius 3 is 2.90 bits per heavy atom. The zero-order chi connectivity index (χ0) is 14.7. The highest BCUT2D eigenvalue weighted by Crippen LogP contribution is 2.46. The fourth-order valence-corrected chi connectivity index (χ4v) is 4.56. The minimum atomic E-state index is 0.0238. The lowest BCUT2D eigenvalue weighted by molar-refractivity contribution is 0.0224. The number of nitrogens with one attached hydrogen (secondary N) is 1. The Bertz CT molecular complexity index is 486. The summed E-state index contributed by atoms with van der Waals surface area (Å²) < 4.78 is 11.8. The number of ether oxygens (including phenoxy) is 2. The van der Waals surface area contributed by atoms with Gasteiger partial charge in [-0.2, -0.15) is 11.8 Å². The molecule has 116 valence electrons. The van der Waals surface area contributed by atoms with Crippen molar-refractivity contribution in [1.29, 1.82) is 0 Å². The first kappa shape index (κ1) is 15.0. The van der Waals surface area contributed by atoms with Crippen molar-refractivity contribution in [2.75, 3.05) is 25.2 Å². The summed E-state index contributed by atoms with van der Waals surface area (Å²) in [6, 6.07) is 6.66. The van der Waals surface area contributed by atoms with Crippen LogP contribution in [-0.2, 0) is 0 Å². The third-order valence-electron chi connectivity index (χ3n) is 4.54. The summed E-state index contributed by atoms with van der Waals surface area (Å²) in [4.78, 5) is 0. The number of thioether (sulfide) groups is 1. The number of methoxy groups -OCH3 is 1. The van der Waals surface area contributed by atoms with Crippen LogP contribution < -0.4 is 14.8 Å². The standard InChI is InChI=1S/C17H25NO2S/c1-3-8-18-15-12-17(6-9-21-10-7-17)20-16-11-13(19-2)4-5-14(15)16/h4-5,11,15,18H,3,6-10,12H2,1-2H3. The molecule has 1 unspecified atom stereocenters. The average Bonchev–Trinajstić information content (AvgIpc) is 2.52. The van der Waals surface area contributed by atoms with Gasteiger partial charge in [0.05, 0.1) is 7.11 Å². The van der Waals surface area contributed by atoms with E-state index < -0.39 is 0 Å². The molecule has 1 aromatic rings. The van der Waals surface area contributed by atoms with Crippen molar-refractivity contribution in [3.05, 3.63) is 23.8 Å². The van der Waals surface area contributed by atoms with E-state index in [4.69, 9.17) is 9.47 Å². The van der Waals surface area contributed by atoms with Gasteiger partial charge in [0.2, 0.25) is 0 Å². The van der Waals surface area contributed by atoms with Gasteiger partial charge in [-0.1, -0.05) is 13.0 Å². The van der Waals surface area contributed by atoms with Crippen LogP contribution >= 0.6 is 11.8 Å². The highest BCUT2D eigenvalue weighted by atomic mass is 32.2. The second-order valence-electron chi connectivity index (χ2n) is 6.01. The van der Waals surface area contributed by atoms with Gasteiger partial charge in [-0.3, -0.25) is 0 Å². The Labute approximate surface area is 131 Å². The molecule has 1 saturated heterocycles. The lowest BCUT2D eigenvalue weighted by atomic mass is 9.83. The average molecular weight is 307 g/mol. The maximum Gasteiger partial charge on any atom is 0.128 e. The Hall–Kier alpha value is -0.870. The van der Waals surface area contributed by atoms with Crippen molar-refractivity contribution < 1.29 is 9.47 Å². The molecule has 3 rings (SSSR count). The van der Waals surface area contributed by atoms with Crippen LogP contribution in [0.4, 0.5) is 0 Å². The first-order valence-electron chi connectivity index (χ1n) is 7.94. The van der Waals surface area contributed by atoms with Crippen molar-refractivity contribution in [2.24, 2.45) is 0 Å². The van der Waals surface area contributed by atoms with Crippen LogP contribution in [0.3, 0.4) is 0 Å². The lowest BCUT2D eigenvalue weighted by Crippen LogP contribution is -2.46. The molecule has 0 saturated carbocycles. The molecule has 2 heterocycles. The maximum atomic E-state index is 6.48. The van der Waals surface area contributed by atoms with Gasteiger partial charge in [0.1, 0.15) is 17.1 Å². The van der Waals surface area contributed by atoms with Crippen molar-refractivity contribution in [3.63, 3.8) is 0 Å². The predicted octanol–water partition coefficient (Wildman–Crippen LogP) is 3.78. The summed E-state index contributed by atoms with van der Waals surface area (Å²) in [7, 11) is 1.71. The van der Waals surface area contributed by atoms with Gasteiger partial charge in [0.25, 0.3) is 0 Å². The van der Waals surface area contributed by atoms with Crippen LogP contribution in [0, 0.1) is 0 Å². The SMILES string of the molecule is CCCNC1CC2(CCSCC2)Oc2cc(OC)ccc21. The molecule has 0 amide bonds. The Morgan fingerprint density at radius 2 is 2.19 bits per heavy atom. The molecule has 0 bridgehead atoms. The van der Waals surface area contributed by atoms with E-state index in [1.54, 1.807) is 7.11 Å². The van der Waals surface area contributed by atoms with Crippen molar-refractivity contribution in [3.8, 4) is 11.5 Å². The zero-order valence-corrected chi connectivity index (χ0v) is 13.8. The van der Waals surface area contributed by atoms with E-state index in [9.17, 15) is 0 Å². The van der Waals surface area contributed by atoms with Gasteiger partial charge in [-0.25, -0.2) is 0 Å². The van der Waals surface area contributed by atoms with E-state index >= 15 is 0 Å². The molecule has 2 aliphatic heterocycles. The van der Waals surface area contributed by atoms with Gasteiger partial charge in [0, 0.05) is 24.1 Å². The largest absolute Gasteiger partial charge is 0.497 e. The fraction of sp³-hybridized carbons (Fsp3) is 0.647. The molecule has 0 aromatic heterocycles. The molecule has 1 spiro atoms. The molecule has 1 fully saturated rings. The fourth-order valence-electron chi connectivity index (χ4n) is 3.33. The van der Waals surface area contributed by atoms with Crippen LogP contribution in [0.1, 0.15) is 44.2 Å². The maximum absolute atomic E-state index is 6.48. The van der Waals surface area contributed by atoms with E-state index in [-0.39, 0.29) is 5.60 Å². The summed E-state index contributed by atoms with van der Waals surface area (Å²) in [6.45, 7) is 3.27. The molecule has 3 nitrogen and oxygen atoms in total. The quantitative estimate of drug-likeness (QED) is 0.917. The minimum absolute atomic E-state index is 0.0238. The van der Waals surface area contributed by atoms with Gasteiger partial charge >= 0.3 is 0 Å². The van der Waals surface area contributed by atoms with Crippen LogP contribution in [-0.4, -0.2) is 30.8 Å². The van der Waals surface area contributed by atoms with Crippen molar-refractivity contribution >= 4 is 11.8 Å². The van der Waals surface area contributed by atoms with Crippen LogP contribution in [0.25, 0.3) is 0 Å². The predicted molar refractivity (Wildman–Crippen MR) is 88.6 cm³/mol. The molecular weight excluding hydrogens is 282 g/mol. The highest BCUT2D eigenvalue weighted by molar-refractivity contribution is 7.99. The molecule has 1 atom stereocenters. The molecule has 1 N–H and O–H groups in total. The molecule has 21 heavy (non-hydrogen) atoms. The zero-order valence-electron chi connectivity index (χ0n) is 13.0. The lowest BCUT2D eigenvalue weighted by Gasteiger charge is -2.44. The van der Waals surface area contributed by atoms with Crippen LogP contribution in [0.2, 0.25) is 0 Å². The van der Waals surface area contributed by atoms with Crippen LogP contribution in [0.5, 0.6) is 11.5 Å². The first-order valence-corrected chi connectivity index (χ1v) is 9.10. The van der Waals surface area contributed by atoms with E-state index in [1.807, 2.05) is 17.8 Å². The number of hydrogen-bond donors (Lipinski definition) is 1. The van der Waals surface area contributed by atoms with Crippen LogP contribution in [0.15, 0.2) is 18.2 Å². The molecular formula is C17H25NO2S. The summed E-state index contributed by atoms with van der Waals surface area (Å²) >= 11 is 2.05. The third kappa shape index (κ3) is 3.16. The molecule has 2 aliphatic rings. The second kappa shape index (κ2) is 6.49. The smallest absolute Gasteiger partial charge is 0.128 e. The Kier molecular flexibility index (Phi) is 4.65. The van der Waals surface area contributed by atoms with E-state index in [1.165, 1.54) is 17.1 Å². The van der Waals surface area contributed by atoms with E-state index in [0.717, 1.165) is 43.7 Å². The monoisotopic (exact) mass is 307 g/mol. The second-order valence-corrected chi connectivity index (χ2v) is 7.24. The molecule has 0 radical (unpaired) electrons. The van der Waals surface area contributed by atoms with E-state index in [0.29, 0.717) is 6.04 Å². The summed E-state index contributed by atoms with van der Waals surface area (Å²) in [5.74, 6) is 4.31.